The molecule has 0 radical (unpaired) electrons. The van der Waals surface area contributed by atoms with E-state index in [9.17, 15) is 13.2 Å². The number of ether oxygens (including phenoxy) is 1. The molecule has 0 unspecified atom stereocenters. The maximum absolute atomic E-state index is 13.5. The normalized spacial score (nSPS) is 19.4. The molecule has 9 heteroatoms. The number of aryl methyl sites for hydroxylation is 2. The number of methoxy groups -OCH3 is 1. The Morgan fingerprint density at radius 3 is 2.24 bits per heavy atom. The van der Waals surface area contributed by atoms with Gasteiger partial charge in [0.1, 0.15) is 5.69 Å². The number of aromatic nitrogens is 2. The summed E-state index contributed by atoms with van der Waals surface area (Å²) in [5.41, 5.74) is 1.67. The van der Waals surface area contributed by atoms with Gasteiger partial charge in [-0.1, -0.05) is 17.7 Å². The van der Waals surface area contributed by atoms with Crippen molar-refractivity contribution in [2.75, 3.05) is 18.9 Å². The highest BCUT2D eigenvalue weighted by Crippen LogP contribution is 2.39. The second-order valence-corrected chi connectivity index (χ2v) is 11.6. The Hall–Kier alpha value is -2.39. The molecule has 3 rings (SSSR count). The number of hydrogen-bond donors (Lipinski definition) is 1. The Kier molecular flexibility index (Phi) is 7.24. The maximum Gasteiger partial charge on any atom is 0.274 e. The summed E-state index contributed by atoms with van der Waals surface area (Å²) in [6.07, 6.45) is 3.57. The molecule has 1 saturated carbocycles. The number of benzene rings is 1. The van der Waals surface area contributed by atoms with E-state index in [0.717, 1.165) is 31.2 Å². The third-order valence-corrected chi connectivity index (χ3v) is 7.92. The fraction of sp³-hybridized carbons (Fsp3) is 0.583. The molecule has 33 heavy (non-hydrogen) atoms. The van der Waals surface area contributed by atoms with E-state index in [4.69, 9.17) is 4.74 Å². The Bertz CT molecular complexity index is 1090. The minimum Gasteiger partial charge on any atom is -0.381 e. The van der Waals surface area contributed by atoms with Gasteiger partial charge in [-0.3, -0.25) is 14.2 Å². The first-order valence-corrected chi connectivity index (χ1v) is 12.8. The van der Waals surface area contributed by atoms with Crippen molar-refractivity contribution in [3.8, 4) is 0 Å². The van der Waals surface area contributed by atoms with Crippen LogP contribution >= 0.6 is 0 Å². The summed E-state index contributed by atoms with van der Waals surface area (Å²) < 4.78 is 36.3. The van der Waals surface area contributed by atoms with Crippen LogP contribution in [0.25, 0.3) is 0 Å². The quantitative estimate of drug-likeness (QED) is 0.678. The fourth-order valence-electron chi connectivity index (χ4n) is 4.12. The van der Waals surface area contributed by atoms with E-state index in [1.54, 1.807) is 50.4 Å². The average Bonchev–Trinajstić information content (AvgIpc) is 3.07. The van der Waals surface area contributed by atoms with Crippen molar-refractivity contribution in [2.45, 2.75) is 75.8 Å². The Balaban J connectivity index is 2.08. The number of nitrogens with one attached hydrogen (secondary N) is 1. The number of sulfonamides is 1. The van der Waals surface area contributed by atoms with Crippen molar-refractivity contribution in [1.29, 1.82) is 0 Å². The summed E-state index contributed by atoms with van der Waals surface area (Å²) in [5, 5.41) is 4.66. The summed E-state index contributed by atoms with van der Waals surface area (Å²) >= 11 is 0. The van der Waals surface area contributed by atoms with Crippen LogP contribution in [-0.2, 0) is 21.8 Å². The highest BCUT2D eigenvalue weighted by molar-refractivity contribution is 7.92. The minimum absolute atomic E-state index is 0.0415. The van der Waals surface area contributed by atoms with Crippen LogP contribution in [0.2, 0.25) is 0 Å². The zero-order valence-electron chi connectivity index (χ0n) is 20.7. The molecule has 1 heterocycles. The maximum atomic E-state index is 13.5. The highest BCUT2D eigenvalue weighted by atomic mass is 32.2. The van der Waals surface area contributed by atoms with Crippen molar-refractivity contribution < 1.29 is 17.9 Å². The SMILES string of the molecule is COC1CCC(c2nn(C)c(C(=O)N(C)C(C)(C)C)c2NS(=O)(=O)c2ccc(C)cc2)CC1. The Labute approximate surface area is 197 Å². The highest BCUT2D eigenvalue weighted by Gasteiger charge is 2.35. The van der Waals surface area contributed by atoms with Crippen LogP contribution in [0.4, 0.5) is 5.69 Å². The zero-order chi connectivity index (χ0) is 24.6. The Morgan fingerprint density at radius 2 is 1.73 bits per heavy atom. The number of carbonyl (C=O) groups excluding carboxylic acids is 1. The second-order valence-electron chi connectivity index (χ2n) is 9.90. The van der Waals surface area contributed by atoms with Gasteiger partial charge in [0.2, 0.25) is 0 Å². The lowest BCUT2D eigenvalue weighted by Crippen LogP contribution is -2.43. The van der Waals surface area contributed by atoms with Gasteiger partial charge in [0.05, 0.1) is 16.7 Å². The van der Waals surface area contributed by atoms with Crippen LogP contribution in [0.5, 0.6) is 0 Å². The monoisotopic (exact) mass is 476 g/mol. The standard InChI is InChI=1S/C24H36N4O4S/c1-16-8-14-19(15-9-16)33(30,31)26-21-20(17-10-12-18(32-7)13-11-17)25-28(6)22(21)23(29)27(5)24(2,3)4/h8-9,14-15,17-18,26H,10-13H2,1-7H3. The van der Waals surface area contributed by atoms with E-state index in [1.165, 1.54) is 4.68 Å². The predicted molar refractivity (Wildman–Crippen MR) is 129 cm³/mol. The lowest BCUT2D eigenvalue weighted by molar-refractivity contribution is 0.0645. The summed E-state index contributed by atoms with van der Waals surface area (Å²) in [6, 6.07) is 6.65. The molecule has 0 atom stereocenters. The molecule has 0 bridgehead atoms. The van der Waals surface area contributed by atoms with Crippen molar-refractivity contribution >= 4 is 21.6 Å². The van der Waals surface area contributed by atoms with Gasteiger partial charge in [-0.2, -0.15) is 5.10 Å². The number of hydrogen-bond acceptors (Lipinski definition) is 5. The van der Waals surface area contributed by atoms with Gasteiger partial charge in [0, 0.05) is 32.7 Å². The van der Waals surface area contributed by atoms with Crippen LogP contribution in [-0.4, -0.2) is 54.8 Å². The number of carbonyl (C=O) groups is 1. The average molecular weight is 477 g/mol. The molecule has 8 nitrogen and oxygen atoms in total. The molecule has 1 N–H and O–H groups in total. The second kappa shape index (κ2) is 9.46. The van der Waals surface area contributed by atoms with Gasteiger partial charge < -0.3 is 9.64 Å². The lowest BCUT2D eigenvalue weighted by atomic mass is 9.84. The molecule has 0 aliphatic heterocycles. The summed E-state index contributed by atoms with van der Waals surface area (Å²) in [7, 11) is 1.22. The summed E-state index contributed by atoms with van der Waals surface area (Å²) in [6.45, 7) is 7.71. The molecule has 0 spiro atoms. The van der Waals surface area contributed by atoms with Gasteiger partial charge in [0.25, 0.3) is 15.9 Å². The Morgan fingerprint density at radius 1 is 1.15 bits per heavy atom. The van der Waals surface area contributed by atoms with Crippen LogP contribution in [0.3, 0.4) is 0 Å². The molecular weight excluding hydrogens is 440 g/mol. The van der Waals surface area contributed by atoms with Crippen molar-refractivity contribution in [3.63, 3.8) is 0 Å². The topological polar surface area (TPSA) is 93.5 Å². The van der Waals surface area contributed by atoms with Crippen LogP contribution in [0, 0.1) is 6.92 Å². The van der Waals surface area contributed by atoms with Gasteiger partial charge >= 0.3 is 0 Å². The van der Waals surface area contributed by atoms with Crippen LogP contribution < -0.4 is 4.72 Å². The van der Waals surface area contributed by atoms with Gasteiger partial charge in [0.15, 0.2) is 5.69 Å². The van der Waals surface area contributed by atoms with Gasteiger partial charge in [-0.05, 0) is 65.5 Å². The van der Waals surface area contributed by atoms with Crippen LogP contribution in [0.15, 0.2) is 29.2 Å². The molecule has 182 valence electrons. The van der Waals surface area contributed by atoms with Crippen molar-refractivity contribution in [1.82, 2.24) is 14.7 Å². The van der Waals surface area contributed by atoms with E-state index in [1.807, 2.05) is 27.7 Å². The molecular formula is C24H36N4O4S. The van der Waals surface area contributed by atoms with E-state index in [-0.39, 0.29) is 34.2 Å². The summed E-state index contributed by atoms with van der Waals surface area (Å²) in [4.78, 5) is 15.3. The first-order valence-electron chi connectivity index (χ1n) is 11.3. The van der Waals surface area contributed by atoms with Crippen molar-refractivity contribution in [2.24, 2.45) is 7.05 Å². The van der Waals surface area contributed by atoms with E-state index >= 15 is 0 Å². The molecule has 1 fully saturated rings. The predicted octanol–water partition coefficient (Wildman–Crippen LogP) is 4.07. The molecule has 0 saturated heterocycles. The zero-order valence-corrected chi connectivity index (χ0v) is 21.5. The molecule has 1 aliphatic rings. The molecule has 1 amide bonds. The smallest absolute Gasteiger partial charge is 0.274 e. The lowest BCUT2D eigenvalue weighted by Gasteiger charge is -2.32. The van der Waals surface area contributed by atoms with Gasteiger partial charge in [-0.25, -0.2) is 8.42 Å². The molecule has 1 aromatic heterocycles. The first kappa shape index (κ1) is 25.2. The van der Waals surface area contributed by atoms with Crippen LogP contribution in [0.1, 0.15) is 74.1 Å². The fourth-order valence-corrected chi connectivity index (χ4v) is 5.20. The van der Waals surface area contributed by atoms with Gasteiger partial charge in [-0.15, -0.1) is 0 Å². The third-order valence-electron chi connectivity index (χ3n) is 6.55. The summed E-state index contributed by atoms with van der Waals surface area (Å²) in [5.74, 6) is -0.240. The number of anilines is 1. The van der Waals surface area contributed by atoms with E-state index in [2.05, 4.69) is 9.82 Å². The number of nitrogens with zero attached hydrogens (tertiary/aromatic N) is 3. The van der Waals surface area contributed by atoms with E-state index < -0.39 is 15.6 Å². The third kappa shape index (κ3) is 5.41. The molecule has 1 aliphatic carbocycles. The minimum atomic E-state index is -3.91. The largest absolute Gasteiger partial charge is 0.381 e. The number of amides is 1. The van der Waals surface area contributed by atoms with Crippen molar-refractivity contribution in [3.05, 3.63) is 41.2 Å². The molecule has 1 aromatic carbocycles. The van der Waals surface area contributed by atoms with E-state index in [0.29, 0.717) is 5.69 Å². The molecule has 2 aromatic rings. The first-order chi connectivity index (χ1) is 15.3. The number of rotatable bonds is 6.